The molecule has 2 aromatic carbocycles. The van der Waals surface area contributed by atoms with Gasteiger partial charge in [-0.1, -0.05) is 23.2 Å². The van der Waals surface area contributed by atoms with E-state index in [1.54, 1.807) is 12.1 Å². The molecule has 4 rings (SSSR count). The van der Waals surface area contributed by atoms with E-state index in [0.717, 1.165) is 49.9 Å². The minimum Gasteiger partial charge on any atom is -0.493 e. The Morgan fingerprint density at radius 2 is 1.74 bits per heavy atom. The van der Waals surface area contributed by atoms with Crippen molar-refractivity contribution >= 4 is 40.0 Å². The topological polar surface area (TPSA) is 29.5 Å². The second-order valence-corrected chi connectivity index (χ2v) is 9.80. The van der Waals surface area contributed by atoms with Crippen molar-refractivity contribution < 1.29 is 13.9 Å². The highest BCUT2D eigenvalue weighted by molar-refractivity contribution is 6.67. The van der Waals surface area contributed by atoms with Crippen LogP contribution in [0.3, 0.4) is 0 Å². The van der Waals surface area contributed by atoms with Crippen LogP contribution < -0.4 is 4.74 Å². The lowest BCUT2D eigenvalue weighted by molar-refractivity contribution is 0.107. The number of benzene rings is 2. The van der Waals surface area contributed by atoms with Gasteiger partial charge in [0.1, 0.15) is 11.6 Å². The van der Waals surface area contributed by atoms with Crippen LogP contribution in [0.1, 0.15) is 66.1 Å². The second-order valence-electron chi connectivity index (χ2n) is 8.59. The van der Waals surface area contributed by atoms with E-state index in [9.17, 15) is 9.18 Å². The van der Waals surface area contributed by atoms with Crippen LogP contribution in [0.5, 0.6) is 5.75 Å². The van der Waals surface area contributed by atoms with E-state index in [1.165, 1.54) is 6.07 Å². The van der Waals surface area contributed by atoms with Gasteiger partial charge in [0.15, 0.2) is 0 Å². The lowest BCUT2D eigenvalue weighted by Crippen LogP contribution is -2.37. The fourth-order valence-corrected chi connectivity index (χ4v) is 4.99. The molecule has 0 radical (unpaired) electrons. The zero-order valence-corrected chi connectivity index (χ0v) is 19.6. The maximum absolute atomic E-state index is 14.3. The molecule has 2 aromatic rings. The second kappa shape index (κ2) is 9.66. The van der Waals surface area contributed by atoms with Crippen LogP contribution in [-0.4, -0.2) is 29.8 Å². The molecule has 0 N–H and O–H groups in total. The number of carbonyl (C=O) groups is 1. The Bertz CT molecular complexity index is 951. The molecule has 0 aromatic heterocycles. The summed E-state index contributed by atoms with van der Waals surface area (Å²) in [7, 11) is 0. The van der Waals surface area contributed by atoms with Gasteiger partial charge in [-0.2, -0.15) is 0 Å². The molecule has 1 saturated carbocycles. The quantitative estimate of drug-likeness (QED) is 0.388. The SMILES string of the molecule is C[C@@H](c1cc(Cl)cc(Cl)c1)N1CCC(COc2cc(F)c(C(=O)Cl)cc2C2CC2)CC1. The van der Waals surface area contributed by atoms with Crippen molar-refractivity contribution in [1.82, 2.24) is 4.90 Å². The number of halogens is 4. The van der Waals surface area contributed by atoms with Gasteiger partial charge in [0.2, 0.25) is 0 Å². The van der Waals surface area contributed by atoms with Crippen LogP contribution >= 0.6 is 34.8 Å². The van der Waals surface area contributed by atoms with Crippen LogP contribution in [0.15, 0.2) is 30.3 Å². The highest BCUT2D eigenvalue weighted by atomic mass is 35.5. The normalized spacial score (nSPS) is 18.7. The smallest absolute Gasteiger partial charge is 0.255 e. The molecule has 1 saturated heterocycles. The minimum atomic E-state index is -0.770. The molecular formula is C24H25Cl3FNO2. The first-order valence-electron chi connectivity index (χ1n) is 10.7. The van der Waals surface area contributed by atoms with Crippen molar-refractivity contribution in [3.8, 4) is 5.75 Å². The van der Waals surface area contributed by atoms with E-state index in [1.807, 2.05) is 12.1 Å². The zero-order valence-electron chi connectivity index (χ0n) is 17.3. The first-order chi connectivity index (χ1) is 14.8. The van der Waals surface area contributed by atoms with E-state index >= 15 is 0 Å². The first kappa shape index (κ1) is 22.8. The maximum atomic E-state index is 14.3. The monoisotopic (exact) mass is 483 g/mol. The highest BCUT2D eigenvalue weighted by Gasteiger charge is 2.30. The fraction of sp³-hybridized carbons (Fsp3) is 0.458. The summed E-state index contributed by atoms with van der Waals surface area (Å²) >= 11 is 17.8. The Labute approximate surface area is 197 Å². The third kappa shape index (κ3) is 5.54. The largest absolute Gasteiger partial charge is 0.493 e. The molecule has 0 unspecified atom stereocenters. The van der Waals surface area contributed by atoms with Gasteiger partial charge in [-0.15, -0.1) is 0 Å². The van der Waals surface area contributed by atoms with Crippen LogP contribution in [-0.2, 0) is 0 Å². The number of hydrogen-bond acceptors (Lipinski definition) is 3. The molecule has 3 nitrogen and oxygen atoms in total. The molecule has 31 heavy (non-hydrogen) atoms. The highest BCUT2D eigenvalue weighted by Crippen LogP contribution is 2.45. The number of hydrogen-bond donors (Lipinski definition) is 0. The number of carbonyl (C=O) groups excluding carboxylic acids is 1. The van der Waals surface area contributed by atoms with Crippen LogP contribution in [0, 0.1) is 11.7 Å². The Morgan fingerprint density at radius 1 is 1.10 bits per heavy atom. The number of ether oxygens (including phenoxy) is 1. The molecule has 2 aliphatic rings. The van der Waals surface area contributed by atoms with E-state index < -0.39 is 11.1 Å². The Hall–Kier alpha value is -1.33. The van der Waals surface area contributed by atoms with Gasteiger partial charge in [0.05, 0.1) is 12.2 Å². The van der Waals surface area contributed by atoms with Gasteiger partial charge in [-0.05, 0) is 105 Å². The maximum Gasteiger partial charge on any atom is 0.255 e. The predicted molar refractivity (Wildman–Crippen MR) is 123 cm³/mol. The van der Waals surface area contributed by atoms with E-state index in [4.69, 9.17) is 39.5 Å². The average molecular weight is 485 g/mol. The Morgan fingerprint density at radius 3 is 2.32 bits per heavy atom. The first-order valence-corrected chi connectivity index (χ1v) is 11.8. The van der Waals surface area contributed by atoms with Crippen LogP contribution in [0.2, 0.25) is 10.0 Å². The van der Waals surface area contributed by atoms with Gasteiger partial charge < -0.3 is 4.74 Å². The summed E-state index contributed by atoms with van der Waals surface area (Å²) in [4.78, 5) is 13.9. The van der Waals surface area contributed by atoms with Gasteiger partial charge in [-0.3, -0.25) is 9.69 Å². The van der Waals surface area contributed by atoms with E-state index in [-0.39, 0.29) is 11.6 Å². The molecule has 7 heteroatoms. The van der Waals surface area contributed by atoms with Gasteiger partial charge in [0.25, 0.3) is 5.24 Å². The van der Waals surface area contributed by atoms with Crippen LogP contribution in [0.25, 0.3) is 0 Å². The fourth-order valence-electron chi connectivity index (χ4n) is 4.30. The Balaban J connectivity index is 1.35. The summed E-state index contributed by atoms with van der Waals surface area (Å²) in [5, 5.41) is 0.532. The lowest BCUT2D eigenvalue weighted by Gasteiger charge is -2.36. The standard InChI is InChI=1S/C24H25Cl3FNO2/c1-14(17-8-18(25)10-19(26)9-17)29-6-4-15(5-7-29)13-31-23-12-22(28)21(24(27)30)11-20(23)16-2-3-16/h8-12,14-16H,2-7,13H2,1H3/t14-/m0/s1. The molecule has 0 spiro atoms. The van der Waals surface area contributed by atoms with E-state index in [0.29, 0.717) is 34.2 Å². The van der Waals surface area contributed by atoms with Crippen LogP contribution in [0.4, 0.5) is 4.39 Å². The molecule has 2 fully saturated rings. The molecular weight excluding hydrogens is 460 g/mol. The molecule has 166 valence electrons. The summed E-state index contributed by atoms with van der Waals surface area (Å²) in [6, 6.07) is 8.81. The number of rotatable bonds is 7. The Kier molecular flexibility index (Phi) is 7.12. The van der Waals surface area contributed by atoms with Crippen molar-refractivity contribution in [2.24, 2.45) is 5.92 Å². The van der Waals surface area contributed by atoms with E-state index in [2.05, 4.69) is 11.8 Å². The third-order valence-corrected chi connectivity index (χ3v) is 7.01. The summed E-state index contributed by atoms with van der Waals surface area (Å²) in [6.45, 7) is 4.60. The lowest BCUT2D eigenvalue weighted by atomic mass is 9.95. The van der Waals surface area contributed by atoms with Gasteiger partial charge >= 0.3 is 0 Å². The average Bonchev–Trinajstić information content (AvgIpc) is 3.56. The molecule has 1 atom stereocenters. The summed E-state index contributed by atoms with van der Waals surface area (Å²) in [6.07, 6.45) is 4.06. The number of nitrogens with zero attached hydrogens (tertiary/aromatic N) is 1. The van der Waals surface area contributed by atoms with Crippen molar-refractivity contribution in [3.05, 3.63) is 62.9 Å². The molecule has 0 amide bonds. The third-order valence-electron chi connectivity index (χ3n) is 6.37. The minimum absolute atomic E-state index is 0.0701. The molecule has 1 aliphatic carbocycles. The summed E-state index contributed by atoms with van der Waals surface area (Å²) in [5.74, 6) is 0.655. The van der Waals surface area contributed by atoms with Crippen molar-refractivity contribution in [1.29, 1.82) is 0 Å². The van der Waals surface area contributed by atoms with Crippen molar-refractivity contribution in [2.75, 3.05) is 19.7 Å². The van der Waals surface area contributed by atoms with Crippen molar-refractivity contribution in [2.45, 2.75) is 44.6 Å². The van der Waals surface area contributed by atoms with Gasteiger partial charge in [-0.25, -0.2) is 4.39 Å². The molecule has 1 aliphatic heterocycles. The number of piperidine rings is 1. The molecule has 0 bridgehead atoms. The predicted octanol–water partition coefficient (Wildman–Crippen LogP) is 7.24. The summed E-state index contributed by atoms with van der Waals surface area (Å²) < 4.78 is 20.3. The number of likely N-dealkylation sites (tertiary alicyclic amines) is 1. The van der Waals surface area contributed by atoms with Gasteiger partial charge in [0, 0.05) is 22.2 Å². The van der Waals surface area contributed by atoms with Crippen molar-refractivity contribution in [3.63, 3.8) is 0 Å². The summed E-state index contributed by atoms with van der Waals surface area (Å²) in [5.41, 5.74) is 1.94. The molecule has 1 heterocycles. The zero-order chi connectivity index (χ0) is 22.1.